The number of benzene rings is 13. The maximum Gasteiger partial charge on any atom is 0.420 e. The molecule has 39 heteroatoms. The van der Waals surface area contributed by atoms with Crippen LogP contribution in [0, 0.1) is 33.8 Å². The minimum atomic E-state index is -4.52. The van der Waals surface area contributed by atoms with Crippen molar-refractivity contribution in [2.24, 2.45) is 20.6 Å². The van der Waals surface area contributed by atoms with Gasteiger partial charge in [0.05, 0.1) is 90.0 Å². The number of nitrogens with one attached hydrogen (secondary N) is 2. The average Bonchev–Trinajstić information content (AvgIpc) is 0.828. The lowest BCUT2D eigenvalue weighted by atomic mass is 10.1. The molecule has 0 heterocycles. The zero-order valence-corrected chi connectivity index (χ0v) is 76.2. The molecule has 0 saturated carbocycles. The van der Waals surface area contributed by atoms with Crippen molar-refractivity contribution in [3.05, 3.63) is 381 Å². The molecule has 0 radical (unpaired) electrons. The zero-order valence-electron chi connectivity index (χ0n) is 64.7. The minimum absolute atomic E-state index is 0.0107. The van der Waals surface area contributed by atoms with Crippen molar-refractivity contribution < 1.29 is 113 Å². The Kier molecular flexibility index (Phi) is 38.7. The number of carboxylic acids is 3. The van der Waals surface area contributed by atoms with Crippen LogP contribution >= 0.6 is 133 Å². The largest absolute Gasteiger partial charge is 0.507 e. The van der Waals surface area contributed by atoms with Gasteiger partial charge in [0.2, 0.25) is 0 Å². The summed E-state index contributed by atoms with van der Waals surface area (Å²) in [5.74, 6) is -5.77. The molecule has 0 fully saturated rings. The number of aryl methyl sites for hydroxylation is 1. The quantitative estimate of drug-likeness (QED) is 0.0135. The summed E-state index contributed by atoms with van der Waals surface area (Å²) in [5.41, 5.74) is 4.16. The highest BCUT2D eigenvalue weighted by Gasteiger charge is 2.35. The first kappa shape index (κ1) is 101. The van der Waals surface area contributed by atoms with Gasteiger partial charge in [-0.15, -0.1) is 0 Å². The van der Waals surface area contributed by atoms with Crippen LogP contribution in [0.4, 0.5) is 66.7 Å². The molecular weight excluding hydrogens is 2160 g/mol. The predicted octanol–water partition coefficient (Wildman–Crippen LogP) is 28.2. The number of nitrogens with zero attached hydrogens (tertiary/aromatic N) is 4. The van der Waals surface area contributed by atoms with E-state index in [1.165, 1.54) is 91.4 Å². The fraction of sp³-hybridized carbons (Fsp3) is 0.0449. The number of para-hydroxylation sites is 3. The number of phenols is 3. The summed E-state index contributed by atoms with van der Waals surface area (Å²) >= 11 is 39.0. The van der Waals surface area contributed by atoms with Crippen LogP contribution < -0.4 is 34.7 Å². The second-order valence-corrected chi connectivity index (χ2v) is 31.7. The first-order valence-corrected chi connectivity index (χ1v) is 41.5. The number of hydrogen-bond donors (Lipinski definition) is 8. The van der Waals surface area contributed by atoms with Crippen molar-refractivity contribution in [2.75, 3.05) is 10.6 Å². The average molecular weight is 2210 g/mol. The van der Waals surface area contributed by atoms with Crippen LogP contribution in [-0.2, 0) is 19.0 Å². The lowest BCUT2D eigenvalue weighted by Gasteiger charge is -2.14. The first-order valence-electron chi connectivity index (χ1n) is 35.7. The number of alkyl halides is 6. The molecule has 0 saturated heterocycles. The van der Waals surface area contributed by atoms with Gasteiger partial charge in [-0.1, -0.05) is 158 Å². The number of carbonyl (C=O) groups is 3. The summed E-state index contributed by atoms with van der Waals surface area (Å²) < 4.78 is 137. The number of aromatic hydroxyl groups is 3. The van der Waals surface area contributed by atoms with Crippen LogP contribution in [0.3, 0.4) is 0 Å². The maximum atomic E-state index is 12.9. The molecule has 13 rings (SSSR count). The van der Waals surface area contributed by atoms with Crippen LogP contribution in [0.25, 0.3) is 0 Å². The SMILES string of the molecule is Cc1cc(/C=N/Oc2cc(F)cc(F)c2)cc(I)c1O.O=C(O)c1cccc(O/N=C/c2ccccc2C(F)(F)F)c1.O=C(O)c1ccccc1Nc1cc(Cl)c(OCc2ccccc2)c(Cl)c1.O=C(O)c1ccccc1Nc1cc(Cl)cc(Cl)c1.Oc1c(Br)cc(/C=N/Oc2cc(F)cc(F)c2)cc1Br.Oc1c(Br)cc(/C=N/Oc2ccccc2C(F)(F)F)cc1Br. The summed E-state index contributed by atoms with van der Waals surface area (Å²) in [6.07, 6.45) is -4.10. The molecule has 0 aliphatic carbocycles. The van der Waals surface area contributed by atoms with Gasteiger partial charge in [-0.2, -0.15) is 26.3 Å². The van der Waals surface area contributed by atoms with E-state index in [1.807, 2.05) is 52.9 Å². The van der Waals surface area contributed by atoms with E-state index in [4.69, 9.17) is 80.7 Å². The van der Waals surface area contributed by atoms with Gasteiger partial charge in [-0.25, -0.2) is 31.9 Å². The van der Waals surface area contributed by atoms with Gasteiger partial charge in [-0.3, -0.25) is 0 Å². The third-order valence-electron chi connectivity index (χ3n) is 15.9. The minimum Gasteiger partial charge on any atom is -0.507 e. The van der Waals surface area contributed by atoms with Gasteiger partial charge in [-0.05, 0) is 248 Å². The number of carboxylic acid groups (broad SMARTS) is 3. The molecule has 0 atom stereocenters. The van der Waals surface area contributed by atoms with E-state index in [0.29, 0.717) is 98.9 Å². The lowest BCUT2D eigenvalue weighted by Crippen LogP contribution is -2.08. The Morgan fingerprint density at radius 1 is 0.422 bits per heavy atom. The number of phenolic OH excluding ortho intramolecular Hbond substituents is 3. The second kappa shape index (κ2) is 48.8. The Morgan fingerprint density at radius 2 is 0.828 bits per heavy atom. The molecule has 0 aliphatic heterocycles. The van der Waals surface area contributed by atoms with E-state index in [1.54, 1.807) is 110 Å². The third kappa shape index (κ3) is 32.7. The monoisotopic (exact) mass is 2210 g/mol. The van der Waals surface area contributed by atoms with Gasteiger partial charge in [0.25, 0.3) is 0 Å². The van der Waals surface area contributed by atoms with Crippen LogP contribution in [0.2, 0.25) is 20.1 Å². The van der Waals surface area contributed by atoms with E-state index in [2.05, 4.69) is 95.0 Å². The number of anilines is 4. The van der Waals surface area contributed by atoms with Crippen molar-refractivity contribution >= 4 is 198 Å². The Morgan fingerprint density at radius 3 is 1.29 bits per heavy atom. The fourth-order valence-electron chi connectivity index (χ4n) is 10.2. The highest BCUT2D eigenvalue weighted by atomic mass is 127. The van der Waals surface area contributed by atoms with Crippen LogP contribution in [0.5, 0.6) is 46.0 Å². The van der Waals surface area contributed by atoms with E-state index < -0.39 is 64.7 Å². The van der Waals surface area contributed by atoms with Gasteiger partial charge in [0.15, 0.2) is 28.7 Å². The Bertz CT molecular complexity index is 5970. The Labute approximate surface area is 788 Å². The standard InChI is InChI=1S/C20H15Cl2NO3.C15H10F3NO3.C14H8Br2F3NO2.C14H10F2INO2.C13H7Br2F2NO2.C13H9Cl2NO2/c21-16-10-14(23-18-9-5-4-8-15(18)20(24)25)11-17(22)19(16)26-12-13-6-2-1-3-7-13;16-15(17,18)13-7-2-1-4-11(13)9-19-22-12-6-3-5-10(8-12)14(20)21;15-10-5-8(6-11(16)13(10)21)7-20-22-12-4-2-1-3-9(12)14(17,18)19;1-8-2-9(3-13(17)14(8)19)7-18-20-12-5-10(15)4-11(16)6-12;14-11-1-7(2-12(15)13(11)19)6-18-20-10-4-8(16)3-9(17)5-10;14-8-5-9(15)7-10(6-8)16-12-4-2-1-3-11(12)13(17)18/h1-11,23H,12H2,(H,24,25);1-9H,(H,20,21);1-7,21H;2-7,19H,1H3;1-6,19H;1-7,16H,(H,17,18)/b;19-9+;20-7+;18-7+;18-6+;. The highest BCUT2D eigenvalue weighted by molar-refractivity contribution is 14.1. The van der Waals surface area contributed by atoms with Crippen LogP contribution in [0.15, 0.2) is 293 Å². The van der Waals surface area contributed by atoms with E-state index in [9.17, 15) is 78.7 Å². The van der Waals surface area contributed by atoms with E-state index >= 15 is 0 Å². The molecule has 13 aromatic carbocycles. The van der Waals surface area contributed by atoms with E-state index in [-0.39, 0.29) is 62.5 Å². The number of aromatic carboxylic acids is 3. The summed E-state index contributed by atoms with van der Waals surface area (Å²) in [6.45, 7) is 2.10. The maximum absolute atomic E-state index is 12.9. The number of ether oxygens (including phenoxy) is 1. The molecule has 0 unspecified atom stereocenters. The number of hydrogen-bond acceptors (Lipinski definition) is 17. The fourth-order valence-corrected chi connectivity index (χ4v) is 14.6. The Balaban J connectivity index is 0.000000191. The molecular formula is C89H59Br4Cl4F10IN6O14. The van der Waals surface area contributed by atoms with Gasteiger partial charge in [0.1, 0.15) is 52.7 Å². The van der Waals surface area contributed by atoms with Crippen molar-refractivity contribution in [3.8, 4) is 46.0 Å². The summed E-state index contributed by atoms with van der Waals surface area (Å²) in [5, 5.41) is 77.8. The van der Waals surface area contributed by atoms with Crippen molar-refractivity contribution in [1.82, 2.24) is 0 Å². The lowest BCUT2D eigenvalue weighted by molar-refractivity contribution is -0.139. The molecule has 13 aromatic rings. The molecule has 0 amide bonds. The molecule has 128 heavy (non-hydrogen) atoms. The smallest absolute Gasteiger partial charge is 0.420 e. The van der Waals surface area contributed by atoms with Crippen molar-refractivity contribution in [1.29, 1.82) is 0 Å². The molecule has 8 N–H and O–H groups in total. The molecule has 0 bridgehead atoms. The van der Waals surface area contributed by atoms with Gasteiger partial charge in [0, 0.05) is 63.4 Å². The normalized spacial score (nSPS) is 11.0. The highest BCUT2D eigenvalue weighted by Crippen LogP contribution is 2.41. The van der Waals surface area contributed by atoms with Crippen molar-refractivity contribution in [2.45, 2.75) is 25.9 Å². The topological polar surface area (TPSA) is 292 Å². The molecule has 20 nitrogen and oxygen atoms in total. The zero-order chi connectivity index (χ0) is 93.5. The Hall–Kier alpha value is -11.9. The predicted molar refractivity (Wildman–Crippen MR) is 492 cm³/mol. The van der Waals surface area contributed by atoms with Gasteiger partial charge < -0.3 is 65.4 Å². The molecule has 0 spiro atoms. The molecule has 0 aliphatic rings. The van der Waals surface area contributed by atoms with E-state index in [0.717, 1.165) is 60.3 Å². The summed E-state index contributed by atoms with van der Waals surface area (Å²) in [4.78, 5) is 52.7. The molecule has 662 valence electrons. The first-order chi connectivity index (χ1) is 60.7. The van der Waals surface area contributed by atoms with Crippen LogP contribution in [-0.4, -0.2) is 73.4 Å². The number of oxime groups is 4. The summed E-state index contributed by atoms with van der Waals surface area (Å²) in [6, 6.07) is 61.6. The number of rotatable bonds is 22. The number of halogens is 19. The summed E-state index contributed by atoms with van der Waals surface area (Å²) in [7, 11) is 0. The molecule has 0 aromatic heterocycles. The van der Waals surface area contributed by atoms with Crippen LogP contribution in [0.1, 0.15) is 75.6 Å². The second-order valence-electron chi connectivity index (χ2n) is 25.4. The van der Waals surface area contributed by atoms with Gasteiger partial charge >= 0.3 is 30.3 Å². The third-order valence-corrected chi connectivity index (χ3v) is 20.2. The van der Waals surface area contributed by atoms with Crippen molar-refractivity contribution in [3.63, 3.8) is 0 Å².